The summed E-state index contributed by atoms with van der Waals surface area (Å²) < 4.78 is 4.30. The summed E-state index contributed by atoms with van der Waals surface area (Å²) in [5.41, 5.74) is -1.17. The molecule has 4 N–H and O–H groups in total. The van der Waals surface area contributed by atoms with Gasteiger partial charge in [-0.1, -0.05) is 0 Å². The molecule has 0 saturated heterocycles. The van der Waals surface area contributed by atoms with Crippen molar-refractivity contribution in [1.29, 1.82) is 0 Å². The van der Waals surface area contributed by atoms with Crippen LogP contribution in [0, 0.1) is 0 Å². The SMILES string of the molecule is O=C(O)c1ccc(C(=O)O)c(C(=O)O)c1.O=C(O)c1ccc2c(c1)C(=O)OC2=O. The molecule has 29 heavy (non-hydrogen) atoms. The summed E-state index contributed by atoms with van der Waals surface area (Å²) >= 11 is 0. The summed E-state index contributed by atoms with van der Waals surface area (Å²) in [6.45, 7) is 0. The third-order valence-corrected chi connectivity index (χ3v) is 3.62. The van der Waals surface area contributed by atoms with Crippen LogP contribution in [0.3, 0.4) is 0 Å². The van der Waals surface area contributed by atoms with Crippen molar-refractivity contribution in [2.75, 3.05) is 0 Å². The van der Waals surface area contributed by atoms with E-state index in [1.807, 2.05) is 0 Å². The van der Waals surface area contributed by atoms with Crippen LogP contribution in [0.2, 0.25) is 0 Å². The fourth-order valence-corrected chi connectivity index (χ4v) is 2.26. The summed E-state index contributed by atoms with van der Waals surface area (Å²) in [4.78, 5) is 64.3. The van der Waals surface area contributed by atoms with Crippen molar-refractivity contribution in [3.63, 3.8) is 0 Å². The second-order valence-electron chi connectivity index (χ2n) is 5.42. The summed E-state index contributed by atoms with van der Waals surface area (Å²) in [6, 6.07) is 6.46. The van der Waals surface area contributed by atoms with Crippen molar-refractivity contribution in [3.05, 3.63) is 69.8 Å². The van der Waals surface area contributed by atoms with Crippen LogP contribution in [-0.2, 0) is 4.74 Å². The van der Waals surface area contributed by atoms with Crippen molar-refractivity contribution in [2.45, 2.75) is 0 Å². The number of cyclic esters (lactones) is 2. The van der Waals surface area contributed by atoms with Gasteiger partial charge in [-0.25, -0.2) is 28.8 Å². The Morgan fingerprint density at radius 3 is 1.59 bits per heavy atom. The van der Waals surface area contributed by atoms with Gasteiger partial charge in [-0.05, 0) is 36.4 Å². The largest absolute Gasteiger partial charge is 0.478 e. The van der Waals surface area contributed by atoms with E-state index < -0.39 is 46.9 Å². The van der Waals surface area contributed by atoms with Gasteiger partial charge in [0.1, 0.15) is 0 Å². The average Bonchev–Trinajstić information content (AvgIpc) is 2.95. The smallest absolute Gasteiger partial charge is 0.346 e. The van der Waals surface area contributed by atoms with Crippen LogP contribution in [0.4, 0.5) is 0 Å². The number of ether oxygens (including phenoxy) is 1. The Morgan fingerprint density at radius 1 is 0.586 bits per heavy atom. The van der Waals surface area contributed by atoms with E-state index in [-0.39, 0.29) is 22.3 Å². The third kappa shape index (κ3) is 4.42. The molecule has 0 aliphatic carbocycles. The maximum atomic E-state index is 11.0. The maximum Gasteiger partial charge on any atom is 0.346 e. The zero-order chi connectivity index (χ0) is 21.9. The Hall–Kier alpha value is -4.54. The number of carboxylic acids is 4. The number of carbonyl (C=O) groups excluding carboxylic acids is 2. The molecule has 0 aromatic heterocycles. The van der Waals surface area contributed by atoms with Crippen molar-refractivity contribution in [1.82, 2.24) is 0 Å². The van der Waals surface area contributed by atoms with Crippen LogP contribution in [0.15, 0.2) is 36.4 Å². The minimum Gasteiger partial charge on any atom is -0.478 e. The van der Waals surface area contributed by atoms with Crippen LogP contribution >= 0.6 is 0 Å². The Kier molecular flexibility index (Phi) is 5.73. The summed E-state index contributed by atoms with van der Waals surface area (Å²) in [7, 11) is 0. The van der Waals surface area contributed by atoms with Gasteiger partial charge in [0.2, 0.25) is 0 Å². The molecule has 0 amide bonds. The number of hydrogen-bond donors (Lipinski definition) is 4. The van der Waals surface area contributed by atoms with Crippen molar-refractivity contribution < 1.29 is 53.9 Å². The van der Waals surface area contributed by atoms with Crippen LogP contribution in [-0.4, -0.2) is 56.2 Å². The average molecular weight is 402 g/mol. The number of benzene rings is 2. The zero-order valence-corrected chi connectivity index (χ0v) is 14.1. The molecule has 0 spiro atoms. The minimum atomic E-state index is -1.48. The number of fused-ring (bicyclic) bond motifs is 1. The Balaban J connectivity index is 0.000000207. The maximum absolute atomic E-state index is 11.0. The Bertz CT molecular complexity index is 1080. The van der Waals surface area contributed by atoms with Crippen LogP contribution in [0.5, 0.6) is 0 Å². The molecule has 1 heterocycles. The van der Waals surface area contributed by atoms with E-state index in [1.165, 1.54) is 12.1 Å². The van der Waals surface area contributed by atoms with Gasteiger partial charge < -0.3 is 25.2 Å². The van der Waals surface area contributed by atoms with E-state index in [0.29, 0.717) is 0 Å². The predicted octanol–water partition coefficient (Wildman–Crippen LogP) is 1.48. The summed E-state index contributed by atoms with van der Waals surface area (Å²) in [5.74, 6) is -6.88. The highest BCUT2D eigenvalue weighted by Crippen LogP contribution is 2.21. The molecule has 3 rings (SSSR count). The molecule has 11 nitrogen and oxygen atoms in total. The van der Waals surface area contributed by atoms with E-state index >= 15 is 0 Å². The molecule has 2 aromatic rings. The molecule has 1 aliphatic rings. The second kappa shape index (κ2) is 8.00. The molecule has 0 radical (unpaired) electrons. The number of rotatable bonds is 4. The standard InChI is InChI=1S/C9H6O6.C9H4O5/c10-7(11)4-1-2-5(8(12)13)6(3-4)9(14)15;10-7(11)4-1-2-5-6(3-4)9(13)14-8(5)12/h1-3H,(H,10,11)(H,12,13)(H,14,15);1-3H,(H,10,11). The van der Waals surface area contributed by atoms with Crippen LogP contribution in [0.25, 0.3) is 0 Å². The molecule has 1 aliphatic heterocycles. The van der Waals surface area contributed by atoms with Crippen molar-refractivity contribution in [3.8, 4) is 0 Å². The molecule has 11 heteroatoms. The molecular weight excluding hydrogens is 392 g/mol. The Morgan fingerprint density at radius 2 is 1.07 bits per heavy atom. The highest BCUT2D eigenvalue weighted by atomic mass is 16.6. The Labute approximate surface area is 160 Å². The van der Waals surface area contributed by atoms with Gasteiger partial charge in [-0.15, -0.1) is 0 Å². The van der Waals surface area contributed by atoms with Gasteiger partial charge in [0.25, 0.3) is 0 Å². The molecular formula is C18H10O11. The first-order valence-corrected chi connectivity index (χ1v) is 7.50. The van der Waals surface area contributed by atoms with Gasteiger partial charge in [-0.3, -0.25) is 0 Å². The predicted molar refractivity (Wildman–Crippen MR) is 90.5 cm³/mol. The summed E-state index contributed by atoms with van der Waals surface area (Å²) in [5, 5.41) is 34.5. The van der Waals surface area contributed by atoms with Gasteiger partial charge in [0.05, 0.1) is 33.4 Å². The van der Waals surface area contributed by atoms with E-state index in [4.69, 9.17) is 20.4 Å². The highest BCUT2D eigenvalue weighted by Gasteiger charge is 2.30. The van der Waals surface area contributed by atoms with Gasteiger partial charge in [-0.2, -0.15) is 0 Å². The lowest BCUT2D eigenvalue weighted by Gasteiger charge is -2.02. The lowest BCUT2D eigenvalue weighted by Crippen LogP contribution is -2.10. The molecule has 0 fully saturated rings. The molecule has 0 atom stereocenters. The topological polar surface area (TPSA) is 193 Å². The second-order valence-corrected chi connectivity index (χ2v) is 5.42. The lowest BCUT2D eigenvalue weighted by atomic mass is 10.0. The van der Waals surface area contributed by atoms with Crippen LogP contribution < -0.4 is 0 Å². The fraction of sp³-hybridized carbons (Fsp3) is 0. The zero-order valence-electron chi connectivity index (χ0n) is 14.1. The van der Waals surface area contributed by atoms with Crippen molar-refractivity contribution in [2.24, 2.45) is 0 Å². The minimum absolute atomic E-state index is 0.00917. The monoisotopic (exact) mass is 402 g/mol. The first kappa shape index (κ1) is 20.8. The lowest BCUT2D eigenvalue weighted by molar-refractivity contribution is 0.0441. The number of aromatic carboxylic acids is 4. The van der Waals surface area contributed by atoms with E-state index in [1.54, 1.807) is 0 Å². The number of carbonyl (C=O) groups is 6. The molecule has 0 unspecified atom stereocenters. The highest BCUT2D eigenvalue weighted by molar-refractivity contribution is 6.15. The molecule has 148 valence electrons. The summed E-state index contributed by atoms with van der Waals surface area (Å²) in [6.07, 6.45) is 0. The number of esters is 2. The van der Waals surface area contributed by atoms with Crippen molar-refractivity contribution >= 4 is 35.8 Å². The van der Waals surface area contributed by atoms with Crippen LogP contribution in [0.1, 0.15) is 62.1 Å². The quantitative estimate of drug-likeness (QED) is 0.427. The van der Waals surface area contributed by atoms with Gasteiger partial charge >= 0.3 is 35.8 Å². The molecule has 0 saturated carbocycles. The fourth-order valence-electron chi connectivity index (χ4n) is 2.26. The van der Waals surface area contributed by atoms with Gasteiger partial charge in [0, 0.05) is 0 Å². The normalized spacial score (nSPS) is 11.6. The molecule has 2 aromatic carbocycles. The van der Waals surface area contributed by atoms with E-state index in [9.17, 15) is 28.8 Å². The van der Waals surface area contributed by atoms with E-state index in [0.717, 1.165) is 24.3 Å². The van der Waals surface area contributed by atoms with Gasteiger partial charge in [0.15, 0.2) is 0 Å². The number of hydrogen-bond acceptors (Lipinski definition) is 7. The number of carboxylic acid groups (broad SMARTS) is 4. The first-order chi connectivity index (χ1) is 13.5. The third-order valence-electron chi connectivity index (χ3n) is 3.62. The first-order valence-electron chi connectivity index (χ1n) is 7.50. The van der Waals surface area contributed by atoms with E-state index in [2.05, 4.69) is 4.74 Å². The molecule has 0 bridgehead atoms.